The van der Waals surface area contributed by atoms with Crippen molar-refractivity contribution in [2.24, 2.45) is 0 Å². The largest absolute Gasteiger partial charge is 0.0840 e. The van der Waals surface area contributed by atoms with Gasteiger partial charge >= 0.3 is 0 Å². The van der Waals surface area contributed by atoms with E-state index in [1.54, 1.807) is 0 Å². The molecule has 0 N–H and O–H groups in total. The molecule has 2 aromatic rings. The first-order valence-electron chi connectivity index (χ1n) is 5.21. The zero-order chi connectivity index (χ0) is 12.6. The Morgan fingerprint density at radius 2 is 1.35 bits per heavy atom. The Bertz CT molecular complexity index is 551. The Morgan fingerprint density at radius 1 is 0.765 bits per heavy atom. The second kappa shape index (κ2) is 4.89. The maximum absolute atomic E-state index is 6.22. The van der Waals surface area contributed by atoms with Crippen LogP contribution in [-0.2, 0) is 0 Å². The summed E-state index contributed by atoms with van der Waals surface area (Å²) in [7, 11) is 0. The molecule has 0 aromatic heterocycles. The average Bonchev–Trinajstić information content (AvgIpc) is 2.25. The van der Waals surface area contributed by atoms with Gasteiger partial charge in [-0.15, -0.1) is 0 Å². The normalized spacial score (nSPS) is 10.6. The predicted octanol–water partition coefficient (Wildman–Crippen LogP) is 5.93. The zero-order valence-electron chi connectivity index (χ0n) is 9.52. The minimum absolute atomic E-state index is 0.657. The minimum atomic E-state index is 0.657. The van der Waals surface area contributed by atoms with Crippen molar-refractivity contribution in [3.8, 4) is 11.1 Å². The van der Waals surface area contributed by atoms with Crippen LogP contribution >= 0.6 is 34.8 Å². The van der Waals surface area contributed by atoms with Crippen LogP contribution in [0.1, 0.15) is 11.1 Å². The lowest BCUT2D eigenvalue weighted by Gasteiger charge is -2.09. The number of aryl methyl sites for hydroxylation is 1. The van der Waals surface area contributed by atoms with Crippen LogP contribution in [-0.4, -0.2) is 0 Å². The summed E-state index contributed by atoms with van der Waals surface area (Å²) in [5.41, 5.74) is 3.90. The molecular weight excluding hydrogens is 275 g/mol. The van der Waals surface area contributed by atoms with E-state index in [0.717, 1.165) is 22.3 Å². The highest BCUT2D eigenvalue weighted by molar-refractivity contribution is 6.37. The van der Waals surface area contributed by atoms with E-state index in [9.17, 15) is 0 Å². The first kappa shape index (κ1) is 12.8. The average molecular weight is 286 g/mol. The minimum Gasteiger partial charge on any atom is -0.0840 e. The van der Waals surface area contributed by atoms with Gasteiger partial charge in [0, 0.05) is 20.6 Å². The zero-order valence-corrected chi connectivity index (χ0v) is 11.8. The molecule has 0 radical (unpaired) electrons. The Morgan fingerprint density at radius 3 is 1.88 bits per heavy atom. The van der Waals surface area contributed by atoms with Crippen LogP contribution in [0.5, 0.6) is 0 Å². The van der Waals surface area contributed by atoms with Crippen LogP contribution in [0.25, 0.3) is 11.1 Å². The van der Waals surface area contributed by atoms with Crippen molar-refractivity contribution in [2.75, 3.05) is 0 Å². The van der Waals surface area contributed by atoms with Crippen LogP contribution in [0.15, 0.2) is 30.3 Å². The van der Waals surface area contributed by atoms with E-state index in [4.69, 9.17) is 34.8 Å². The Balaban J connectivity index is 2.61. The lowest BCUT2D eigenvalue weighted by molar-refractivity contribution is 1.44. The van der Waals surface area contributed by atoms with Crippen molar-refractivity contribution >= 4 is 34.8 Å². The number of halogens is 3. The monoisotopic (exact) mass is 284 g/mol. The lowest BCUT2D eigenvalue weighted by Crippen LogP contribution is -1.85. The third-order valence-corrected chi connectivity index (χ3v) is 3.81. The van der Waals surface area contributed by atoms with Gasteiger partial charge in [0.15, 0.2) is 0 Å². The summed E-state index contributed by atoms with van der Waals surface area (Å²) >= 11 is 18.5. The number of benzene rings is 2. The number of hydrogen-bond acceptors (Lipinski definition) is 0. The van der Waals surface area contributed by atoms with E-state index < -0.39 is 0 Å². The maximum atomic E-state index is 6.22. The summed E-state index contributed by atoms with van der Waals surface area (Å²) in [4.78, 5) is 0. The topological polar surface area (TPSA) is 0 Å². The summed E-state index contributed by atoms with van der Waals surface area (Å²) in [5, 5.41) is 2.02. The summed E-state index contributed by atoms with van der Waals surface area (Å²) in [5.74, 6) is 0. The van der Waals surface area contributed by atoms with Gasteiger partial charge in [-0.25, -0.2) is 0 Å². The van der Waals surface area contributed by atoms with E-state index in [0.29, 0.717) is 15.1 Å². The van der Waals surface area contributed by atoms with E-state index in [2.05, 4.69) is 0 Å². The molecule has 0 saturated heterocycles. The highest BCUT2D eigenvalue weighted by Crippen LogP contribution is 2.34. The van der Waals surface area contributed by atoms with Gasteiger partial charge in [0.25, 0.3) is 0 Å². The van der Waals surface area contributed by atoms with Crippen LogP contribution < -0.4 is 0 Å². The third-order valence-electron chi connectivity index (χ3n) is 2.72. The Hall–Kier alpha value is -0.690. The molecule has 2 aromatic carbocycles. The molecule has 0 aliphatic carbocycles. The van der Waals surface area contributed by atoms with E-state index in [-0.39, 0.29) is 0 Å². The highest BCUT2D eigenvalue weighted by Gasteiger charge is 2.08. The summed E-state index contributed by atoms with van der Waals surface area (Å²) < 4.78 is 0. The standard InChI is InChI=1S/C14H11Cl3/c1-8-3-4-11(14(17)5-8)10-6-12(15)9(2)13(16)7-10/h3-7H,1-2H3. The molecule has 2 rings (SSSR count). The second-order valence-electron chi connectivity index (χ2n) is 4.05. The molecular formula is C14H11Cl3. The molecule has 17 heavy (non-hydrogen) atoms. The van der Waals surface area contributed by atoms with Gasteiger partial charge in [-0.1, -0.05) is 46.9 Å². The fourth-order valence-electron chi connectivity index (χ4n) is 1.66. The van der Waals surface area contributed by atoms with Crippen molar-refractivity contribution in [1.29, 1.82) is 0 Å². The van der Waals surface area contributed by atoms with Crippen LogP contribution in [0.4, 0.5) is 0 Å². The number of hydrogen-bond donors (Lipinski definition) is 0. The Kier molecular flexibility index (Phi) is 3.67. The van der Waals surface area contributed by atoms with Gasteiger partial charge in [0.05, 0.1) is 0 Å². The van der Waals surface area contributed by atoms with Gasteiger partial charge in [0.2, 0.25) is 0 Å². The first-order chi connectivity index (χ1) is 7.99. The third kappa shape index (κ3) is 2.60. The molecule has 88 valence electrons. The SMILES string of the molecule is Cc1ccc(-c2cc(Cl)c(C)c(Cl)c2)c(Cl)c1. The molecule has 0 fully saturated rings. The number of rotatable bonds is 1. The second-order valence-corrected chi connectivity index (χ2v) is 5.27. The van der Waals surface area contributed by atoms with Crippen LogP contribution in [0, 0.1) is 13.8 Å². The maximum Gasteiger partial charge on any atom is 0.0487 e. The van der Waals surface area contributed by atoms with Crippen molar-refractivity contribution in [3.63, 3.8) is 0 Å². The van der Waals surface area contributed by atoms with E-state index >= 15 is 0 Å². The van der Waals surface area contributed by atoms with Crippen molar-refractivity contribution in [3.05, 3.63) is 56.5 Å². The molecule has 0 heterocycles. The molecule has 0 amide bonds. The van der Waals surface area contributed by atoms with Gasteiger partial charge in [-0.3, -0.25) is 0 Å². The first-order valence-corrected chi connectivity index (χ1v) is 6.34. The molecule has 0 aliphatic heterocycles. The van der Waals surface area contributed by atoms with E-state index in [1.165, 1.54) is 0 Å². The van der Waals surface area contributed by atoms with E-state index in [1.807, 2.05) is 44.2 Å². The smallest absolute Gasteiger partial charge is 0.0487 e. The summed E-state index contributed by atoms with van der Waals surface area (Å²) in [6.07, 6.45) is 0. The molecule has 0 unspecified atom stereocenters. The van der Waals surface area contributed by atoms with Gasteiger partial charge in [0.1, 0.15) is 0 Å². The highest BCUT2D eigenvalue weighted by atomic mass is 35.5. The van der Waals surface area contributed by atoms with Crippen LogP contribution in [0.3, 0.4) is 0 Å². The predicted molar refractivity (Wildman–Crippen MR) is 76.4 cm³/mol. The van der Waals surface area contributed by atoms with Gasteiger partial charge in [-0.05, 0) is 48.7 Å². The summed E-state index contributed by atoms with van der Waals surface area (Å²) in [6, 6.07) is 9.70. The molecule has 0 aliphatic rings. The molecule has 0 nitrogen and oxygen atoms in total. The molecule has 0 bridgehead atoms. The Labute approximate surface area is 116 Å². The van der Waals surface area contributed by atoms with Gasteiger partial charge < -0.3 is 0 Å². The fraction of sp³-hybridized carbons (Fsp3) is 0.143. The quantitative estimate of drug-likeness (QED) is 0.609. The van der Waals surface area contributed by atoms with Crippen molar-refractivity contribution in [1.82, 2.24) is 0 Å². The molecule has 0 saturated carbocycles. The molecule has 0 atom stereocenters. The molecule has 0 spiro atoms. The van der Waals surface area contributed by atoms with Crippen LogP contribution in [0.2, 0.25) is 15.1 Å². The van der Waals surface area contributed by atoms with Crippen molar-refractivity contribution in [2.45, 2.75) is 13.8 Å². The fourth-order valence-corrected chi connectivity index (χ4v) is 2.49. The van der Waals surface area contributed by atoms with Crippen molar-refractivity contribution < 1.29 is 0 Å². The summed E-state index contributed by atoms with van der Waals surface area (Å²) in [6.45, 7) is 3.90. The lowest BCUT2D eigenvalue weighted by atomic mass is 10.0. The van der Waals surface area contributed by atoms with Gasteiger partial charge in [-0.2, -0.15) is 0 Å². The molecule has 3 heteroatoms.